The minimum atomic E-state index is -4.23. The fraction of sp³-hybridized carbons (Fsp3) is 0.259. The van der Waals surface area contributed by atoms with Crippen LogP contribution >= 0.6 is 27.5 Å². The van der Waals surface area contributed by atoms with Crippen LogP contribution in [-0.4, -0.2) is 51.4 Å². The molecule has 3 rings (SSSR count). The average Bonchev–Trinajstić information content (AvgIpc) is 2.90. The van der Waals surface area contributed by atoms with Crippen molar-refractivity contribution >= 4 is 55.1 Å². The average molecular weight is 623 g/mol. The quantitative estimate of drug-likeness (QED) is 0.330. The van der Waals surface area contributed by atoms with Crippen LogP contribution in [0.3, 0.4) is 0 Å². The van der Waals surface area contributed by atoms with Gasteiger partial charge in [-0.2, -0.15) is 0 Å². The molecular weight excluding hydrogens is 594 g/mol. The van der Waals surface area contributed by atoms with Gasteiger partial charge in [-0.3, -0.25) is 13.9 Å². The molecule has 1 N–H and O–H groups in total. The van der Waals surface area contributed by atoms with Gasteiger partial charge in [0.15, 0.2) is 0 Å². The van der Waals surface area contributed by atoms with Crippen LogP contribution < -0.4 is 14.4 Å². The summed E-state index contributed by atoms with van der Waals surface area (Å²) in [5.41, 5.74) is 0.970. The van der Waals surface area contributed by atoms with Gasteiger partial charge in [-0.15, -0.1) is 0 Å². The molecule has 0 aliphatic heterocycles. The minimum Gasteiger partial charge on any atom is -0.492 e. The summed E-state index contributed by atoms with van der Waals surface area (Å²) in [6, 6.07) is 18.8. The maximum absolute atomic E-state index is 13.9. The number of nitrogens with zero attached hydrogens (tertiary/aromatic N) is 2. The van der Waals surface area contributed by atoms with E-state index in [9.17, 15) is 18.0 Å². The molecule has 0 aliphatic rings. The summed E-state index contributed by atoms with van der Waals surface area (Å²) in [6.45, 7) is 3.20. The topological polar surface area (TPSA) is 96.0 Å². The van der Waals surface area contributed by atoms with Crippen molar-refractivity contribution in [2.75, 3.05) is 24.5 Å². The van der Waals surface area contributed by atoms with Gasteiger partial charge in [-0.05, 0) is 67.9 Å². The predicted molar refractivity (Wildman–Crippen MR) is 152 cm³/mol. The van der Waals surface area contributed by atoms with E-state index in [1.54, 1.807) is 38.1 Å². The third-order valence-corrected chi connectivity index (χ3v) is 8.29. The Morgan fingerprint density at radius 3 is 2.37 bits per heavy atom. The second-order valence-corrected chi connectivity index (χ2v) is 11.5. The molecule has 0 bridgehead atoms. The number of ether oxygens (including phenoxy) is 1. The zero-order valence-electron chi connectivity index (χ0n) is 21.2. The number of para-hydroxylation sites is 2. The van der Waals surface area contributed by atoms with Gasteiger partial charge in [0.1, 0.15) is 18.3 Å². The first-order valence-electron chi connectivity index (χ1n) is 11.8. The number of benzene rings is 3. The molecule has 3 aromatic carbocycles. The van der Waals surface area contributed by atoms with Crippen LogP contribution in [0.25, 0.3) is 0 Å². The lowest BCUT2D eigenvalue weighted by Gasteiger charge is -2.32. The van der Waals surface area contributed by atoms with Gasteiger partial charge in [0.25, 0.3) is 10.0 Å². The molecule has 0 aliphatic carbocycles. The third-order valence-electron chi connectivity index (χ3n) is 5.77. The van der Waals surface area contributed by atoms with Crippen LogP contribution in [0.5, 0.6) is 5.75 Å². The molecule has 0 fully saturated rings. The molecule has 0 radical (unpaired) electrons. The Morgan fingerprint density at radius 1 is 1.05 bits per heavy atom. The van der Waals surface area contributed by atoms with Gasteiger partial charge in [0.2, 0.25) is 11.8 Å². The number of carbonyl (C=O) groups is 2. The van der Waals surface area contributed by atoms with E-state index in [2.05, 4.69) is 21.2 Å². The largest absolute Gasteiger partial charge is 0.492 e. The highest BCUT2D eigenvalue weighted by molar-refractivity contribution is 9.10. The summed E-state index contributed by atoms with van der Waals surface area (Å²) in [7, 11) is -2.75. The Morgan fingerprint density at radius 2 is 1.74 bits per heavy atom. The number of amides is 2. The molecule has 1 atom stereocenters. The molecule has 0 unspecified atom stereocenters. The molecule has 8 nitrogen and oxygen atoms in total. The van der Waals surface area contributed by atoms with E-state index in [-0.39, 0.29) is 23.0 Å². The van der Waals surface area contributed by atoms with Crippen LogP contribution in [-0.2, 0) is 26.2 Å². The molecule has 3 aromatic rings. The maximum atomic E-state index is 13.9. The predicted octanol–water partition coefficient (Wildman–Crippen LogP) is 4.86. The maximum Gasteiger partial charge on any atom is 0.264 e. The second kappa shape index (κ2) is 13.1. The van der Waals surface area contributed by atoms with Crippen LogP contribution in [0, 0.1) is 0 Å². The minimum absolute atomic E-state index is 0.0427. The summed E-state index contributed by atoms with van der Waals surface area (Å²) < 4.78 is 35.3. The molecule has 38 heavy (non-hydrogen) atoms. The lowest BCUT2D eigenvalue weighted by molar-refractivity contribution is -0.139. The molecule has 0 saturated carbocycles. The number of sulfonamides is 1. The highest BCUT2D eigenvalue weighted by atomic mass is 79.9. The van der Waals surface area contributed by atoms with Gasteiger partial charge < -0.3 is 15.0 Å². The van der Waals surface area contributed by atoms with Crippen LogP contribution in [0.4, 0.5) is 5.69 Å². The van der Waals surface area contributed by atoms with Crippen LogP contribution in [0.1, 0.15) is 19.4 Å². The highest BCUT2D eigenvalue weighted by Crippen LogP contribution is 2.33. The van der Waals surface area contributed by atoms with Crippen molar-refractivity contribution in [1.29, 1.82) is 0 Å². The number of hydrogen-bond acceptors (Lipinski definition) is 5. The molecule has 0 spiro atoms. The second-order valence-electron chi connectivity index (χ2n) is 8.31. The van der Waals surface area contributed by atoms with Gasteiger partial charge >= 0.3 is 0 Å². The number of anilines is 1. The number of halogens is 2. The number of likely N-dealkylation sites (N-methyl/N-ethyl adjacent to an activating group) is 1. The first-order valence-corrected chi connectivity index (χ1v) is 14.4. The van der Waals surface area contributed by atoms with Crippen molar-refractivity contribution in [2.24, 2.45) is 0 Å². The fourth-order valence-electron chi connectivity index (χ4n) is 3.81. The standard InChI is InChI=1S/C27H29BrClN3O5S/c1-4-37-25-11-6-5-10-24(25)32(38(35,36)23-14-12-22(29)13-15-23)18-26(33)31(19(2)27(34)30-3)17-20-8-7-9-21(28)16-20/h5-16,19H,4,17-18H2,1-3H3,(H,30,34)/t19-/m0/s1. The lowest BCUT2D eigenvalue weighted by Crippen LogP contribution is -2.50. The van der Waals surface area contributed by atoms with Crippen molar-refractivity contribution < 1.29 is 22.7 Å². The summed E-state index contributed by atoms with van der Waals surface area (Å²) in [5.74, 6) is -0.640. The van der Waals surface area contributed by atoms with Crippen LogP contribution in [0.2, 0.25) is 5.02 Å². The van der Waals surface area contributed by atoms with Gasteiger partial charge in [0, 0.05) is 23.1 Å². The van der Waals surface area contributed by atoms with Crippen molar-refractivity contribution in [1.82, 2.24) is 10.2 Å². The molecular formula is C27H29BrClN3O5S. The molecule has 2 amide bonds. The lowest BCUT2D eigenvalue weighted by atomic mass is 10.1. The van der Waals surface area contributed by atoms with Gasteiger partial charge in [0.05, 0.1) is 17.2 Å². The molecule has 0 saturated heterocycles. The summed E-state index contributed by atoms with van der Waals surface area (Å²) in [4.78, 5) is 27.7. The van der Waals surface area contributed by atoms with E-state index in [4.69, 9.17) is 16.3 Å². The number of nitrogens with one attached hydrogen (secondary N) is 1. The van der Waals surface area contributed by atoms with Gasteiger partial charge in [-0.25, -0.2) is 8.42 Å². The van der Waals surface area contributed by atoms with Gasteiger partial charge in [-0.1, -0.05) is 51.8 Å². The van der Waals surface area contributed by atoms with E-state index >= 15 is 0 Å². The Bertz CT molecular complexity index is 1390. The zero-order chi connectivity index (χ0) is 27.9. The van der Waals surface area contributed by atoms with Crippen LogP contribution in [0.15, 0.2) is 82.2 Å². The first-order chi connectivity index (χ1) is 18.1. The smallest absolute Gasteiger partial charge is 0.264 e. The highest BCUT2D eigenvalue weighted by Gasteiger charge is 2.33. The monoisotopic (exact) mass is 621 g/mol. The SMILES string of the molecule is CCOc1ccccc1N(CC(=O)N(Cc1cccc(Br)c1)[C@@H](C)C(=O)NC)S(=O)(=O)c1ccc(Cl)cc1. The van der Waals surface area contributed by atoms with E-state index < -0.39 is 28.5 Å². The Hall–Kier alpha value is -3.08. The van der Waals surface area contributed by atoms with E-state index in [0.717, 1.165) is 14.3 Å². The summed E-state index contributed by atoms with van der Waals surface area (Å²) in [5, 5.41) is 2.94. The number of hydrogen-bond donors (Lipinski definition) is 1. The van der Waals surface area contributed by atoms with Crippen molar-refractivity contribution in [3.8, 4) is 5.75 Å². The molecule has 0 heterocycles. The first kappa shape index (κ1) is 29.5. The number of rotatable bonds is 11. The van der Waals surface area contributed by atoms with Crippen molar-refractivity contribution in [3.63, 3.8) is 0 Å². The van der Waals surface area contributed by atoms with Crippen molar-refractivity contribution in [3.05, 3.63) is 87.9 Å². The Balaban J connectivity index is 2.09. The molecule has 0 aromatic heterocycles. The molecule has 11 heteroatoms. The normalized spacial score (nSPS) is 11.9. The van der Waals surface area contributed by atoms with E-state index in [1.165, 1.54) is 36.2 Å². The summed E-state index contributed by atoms with van der Waals surface area (Å²) in [6.07, 6.45) is 0. The summed E-state index contributed by atoms with van der Waals surface area (Å²) >= 11 is 9.41. The Kier molecular flexibility index (Phi) is 10.2. The molecule has 202 valence electrons. The fourth-order valence-corrected chi connectivity index (χ4v) is 5.81. The zero-order valence-corrected chi connectivity index (χ0v) is 24.4. The Labute approximate surface area is 236 Å². The number of carbonyl (C=O) groups excluding carboxylic acids is 2. The van der Waals surface area contributed by atoms with E-state index in [1.807, 2.05) is 24.3 Å². The van der Waals surface area contributed by atoms with Crippen molar-refractivity contribution in [2.45, 2.75) is 31.3 Å². The third kappa shape index (κ3) is 7.06. The van der Waals surface area contributed by atoms with E-state index in [0.29, 0.717) is 17.4 Å².